The number of nitrogens with one attached hydrogen (secondary N) is 1. The third-order valence-electron chi connectivity index (χ3n) is 4.36. The van der Waals surface area contributed by atoms with Crippen LogP contribution in [0.5, 0.6) is 0 Å². The largest absolute Gasteiger partial charge is 0.755 e. The van der Waals surface area contributed by atoms with Gasteiger partial charge in [-0.15, -0.1) is 0 Å². The van der Waals surface area contributed by atoms with Gasteiger partial charge in [-0.2, -0.15) is 0 Å². The van der Waals surface area contributed by atoms with Gasteiger partial charge in [-0.1, -0.05) is 30.3 Å². The SMILES string of the molecule is COC(=O)c1cc(NS(=O)[O-])c(Cc2ccccc2)c(N2C(=O)CCC2=O)c1. The summed E-state index contributed by atoms with van der Waals surface area (Å²) in [6.45, 7) is 0. The number of carbonyl (C=O) groups is 3. The van der Waals surface area contributed by atoms with E-state index in [4.69, 9.17) is 4.74 Å². The molecule has 9 heteroatoms. The van der Waals surface area contributed by atoms with E-state index in [1.165, 1.54) is 19.2 Å². The van der Waals surface area contributed by atoms with Crippen LogP contribution in [0.25, 0.3) is 0 Å². The van der Waals surface area contributed by atoms with Gasteiger partial charge in [0.25, 0.3) is 0 Å². The number of carbonyl (C=O) groups excluding carboxylic acids is 3. The summed E-state index contributed by atoms with van der Waals surface area (Å²) in [6.07, 6.45) is 0.360. The minimum atomic E-state index is -2.68. The van der Waals surface area contributed by atoms with Gasteiger partial charge >= 0.3 is 5.97 Å². The Balaban J connectivity index is 2.22. The number of ether oxygens (including phenoxy) is 1. The highest BCUT2D eigenvalue weighted by Gasteiger charge is 2.33. The summed E-state index contributed by atoms with van der Waals surface area (Å²) in [4.78, 5) is 37.7. The predicted octanol–water partition coefficient (Wildman–Crippen LogP) is 1.92. The summed E-state index contributed by atoms with van der Waals surface area (Å²) in [5, 5.41) is 0. The second-order valence-electron chi connectivity index (χ2n) is 6.14. The Morgan fingerprint density at radius 3 is 2.39 bits per heavy atom. The van der Waals surface area contributed by atoms with Crippen molar-refractivity contribution >= 4 is 40.4 Å². The van der Waals surface area contributed by atoms with Crippen molar-refractivity contribution in [1.29, 1.82) is 0 Å². The second kappa shape index (κ2) is 8.32. The highest BCUT2D eigenvalue weighted by Crippen LogP contribution is 2.35. The lowest BCUT2D eigenvalue weighted by molar-refractivity contribution is -0.121. The average molecular weight is 401 g/mol. The van der Waals surface area contributed by atoms with Gasteiger partial charge in [0.2, 0.25) is 11.8 Å². The molecule has 0 radical (unpaired) electrons. The quantitative estimate of drug-likeness (QED) is 0.449. The number of esters is 1. The van der Waals surface area contributed by atoms with Crippen LogP contribution >= 0.6 is 0 Å². The molecule has 2 amide bonds. The number of methoxy groups -OCH3 is 1. The molecule has 3 rings (SSSR count). The maximum absolute atomic E-state index is 12.3. The molecule has 0 bridgehead atoms. The summed E-state index contributed by atoms with van der Waals surface area (Å²) < 4.78 is 29.6. The van der Waals surface area contributed by atoms with Crippen molar-refractivity contribution in [2.24, 2.45) is 0 Å². The molecule has 0 spiro atoms. The van der Waals surface area contributed by atoms with Crippen LogP contribution in [0.1, 0.15) is 34.3 Å². The Labute approximate surface area is 163 Å². The minimum Gasteiger partial charge on any atom is -0.755 e. The number of hydrogen-bond donors (Lipinski definition) is 1. The first-order valence-corrected chi connectivity index (χ1v) is 9.49. The Bertz CT molecular complexity index is 944. The van der Waals surface area contributed by atoms with Crippen molar-refractivity contribution in [3.8, 4) is 0 Å². The second-order valence-corrected chi connectivity index (χ2v) is 6.81. The predicted molar refractivity (Wildman–Crippen MR) is 101 cm³/mol. The lowest BCUT2D eigenvalue weighted by Crippen LogP contribution is -2.30. The molecule has 0 saturated carbocycles. The fraction of sp³-hybridized carbons (Fsp3) is 0.211. The zero-order chi connectivity index (χ0) is 20.3. The first-order valence-electron chi connectivity index (χ1n) is 8.41. The Morgan fingerprint density at radius 2 is 1.82 bits per heavy atom. The molecule has 146 valence electrons. The van der Waals surface area contributed by atoms with E-state index >= 15 is 0 Å². The lowest BCUT2D eigenvalue weighted by Gasteiger charge is -2.23. The summed E-state index contributed by atoms with van der Waals surface area (Å²) in [7, 11) is 1.19. The van der Waals surface area contributed by atoms with Gasteiger partial charge in [0.1, 0.15) is 0 Å². The van der Waals surface area contributed by atoms with Gasteiger partial charge < -0.3 is 14.0 Å². The van der Waals surface area contributed by atoms with Crippen LogP contribution in [-0.2, 0) is 32.0 Å². The van der Waals surface area contributed by atoms with Crippen molar-refractivity contribution in [2.75, 3.05) is 16.7 Å². The third-order valence-corrected chi connectivity index (χ3v) is 4.74. The maximum Gasteiger partial charge on any atom is 0.337 e. The Kier molecular flexibility index (Phi) is 5.86. The molecule has 1 heterocycles. The molecule has 2 aromatic carbocycles. The van der Waals surface area contributed by atoms with Crippen LogP contribution in [0.3, 0.4) is 0 Å². The van der Waals surface area contributed by atoms with Gasteiger partial charge in [-0.3, -0.25) is 18.7 Å². The molecule has 1 unspecified atom stereocenters. The van der Waals surface area contributed by atoms with E-state index in [2.05, 4.69) is 4.72 Å². The monoisotopic (exact) mass is 401 g/mol. The first-order chi connectivity index (χ1) is 13.4. The van der Waals surface area contributed by atoms with E-state index in [1.807, 2.05) is 30.3 Å². The molecule has 1 fully saturated rings. The van der Waals surface area contributed by atoms with Crippen LogP contribution in [0.4, 0.5) is 11.4 Å². The molecule has 1 saturated heterocycles. The smallest absolute Gasteiger partial charge is 0.337 e. The molecule has 1 N–H and O–H groups in total. The Morgan fingerprint density at radius 1 is 1.18 bits per heavy atom. The van der Waals surface area contributed by atoms with Gasteiger partial charge in [0.05, 0.1) is 24.0 Å². The average Bonchev–Trinajstić information content (AvgIpc) is 3.01. The molecule has 1 aliphatic rings. The fourth-order valence-corrected chi connectivity index (χ4v) is 3.47. The van der Waals surface area contributed by atoms with Gasteiger partial charge in [0, 0.05) is 36.1 Å². The number of anilines is 2. The van der Waals surface area contributed by atoms with Gasteiger partial charge in [-0.25, -0.2) is 4.79 Å². The van der Waals surface area contributed by atoms with E-state index in [-0.39, 0.29) is 36.2 Å². The normalized spacial score (nSPS) is 14.9. The Hall–Kier alpha value is -3.04. The van der Waals surface area contributed by atoms with Gasteiger partial charge in [-0.05, 0) is 17.7 Å². The number of hydrogen-bond acceptors (Lipinski definition) is 6. The molecule has 28 heavy (non-hydrogen) atoms. The first kappa shape index (κ1) is 19.7. The van der Waals surface area contributed by atoms with E-state index in [0.717, 1.165) is 10.5 Å². The summed E-state index contributed by atoms with van der Waals surface area (Å²) in [5.41, 5.74) is 1.55. The number of benzene rings is 2. The van der Waals surface area contributed by atoms with Crippen molar-refractivity contribution in [1.82, 2.24) is 0 Å². The highest BCUT2D eigenvalue weighted by atomic mass is 32.2. The van der Waals surface area contributed by atoms with E-state index in [1.54, 1.807) is 0 Å². The van der Waals surface area contributed by atoms with Crippen LogP contribution in [0.15, 0.2) is 42.5 Å². The summed E-state index contributed by atoms with van der Waals surface area (Å²) in [6, 6.07) is 11.9. The van der Waals surface area contributed by atoms with Gasteiger partial charge in [0.15, 0.2) is 0 Å². The molecule has 0 aliphatic carbocycles. The molecule has 2 aromatic rings. The number of nitrogens with zero attached hydrogens (tertiary/aromatic N) is 1. The maximum atomic E-state index is 12.3. The standard InChI is InChI=1S/C19H18N2O6S/c1-27-19(24)13-10-15(20-28(25)26)14(9-12-5-3-2-4-6-12)16(11-13)21-17(22)7-8-18(21)23/h2-6,10-11,20H,7-9H2,1H3,(H,25,26)/p-1. The van der Waals surface area contributed by atoms with Crippen LogP contribution in [0.2, 0.25) is 0 Å². The topological polar surface area (TPSA) is 116 Å². The molecule has 0 aromatic heterocycles. The van der Waals surface area contributed by atoms with Crippen molar-refractivity contribution in [2.45, 2.75) is 19.3 Å². The fourth-order valence-electron chi connectivity index (χ4n) is 3.10. The zero-order valence-corrected chi connectivity index (χ0v) is 15.8. The minimum absolute atomic E-state index is 0.0229. The number of rotatable bonds is 6. The number of imide groups is 1. The summed E-state index contributed by atoms with van der Waals surface area (Å²) >= 11 is -2.68. The van der Waals surface area contributed by atoms with Crippen molar-refractivity contribution in [3.05, 3.63) is 59.2 Å². The summed E-state index contributed by atoms with van der Waals surface area (Å²) in [5.74, 6) is -1.53. The third kappa shape index (κ3) is 4.10. The molecule has 8 nitrogen and oxygen atoms in total. The van der Waals surface area contributed by atoms with E-state index in [0.29, 0.717) is 5.56 Å². The van der Waals surface area contributed by atoms with Crippen LogP contribution in [0, 0.1) is 0 Å². The van der Waals surface area contributed by atoms with Crippen LogP contribution in [-0.4, -0.2) is 33.7 Å². The molecular weight excluding hydrogens is 384 g/mol. The molecule has 1 aliphatic heterocycles. The molecule has 1 atom stereocenters. The zero-order valence-electron chi connectivity index (χ0n) is 15.0. The lowest BCUT2D eigenvalue weighted by atomic mass is 9.98. The van der Waals surface area contributed by atoms with Crippen molar-refractivity contribution < 1.29 is 27.9 Å². The van der Waals surface area contributed by atoms with E-state index in [9.17, 15) is 23.1 Å². The highest BCUT2D eigenvalue weighted by molar-refractivity contribution is 7.80. The van der Waals surface area contributed by atoms with Crippen LogP contribution < -0.4 is 9.62 Å². The molecular formula is C19H17N2O6S-. The number of amides is 2. The van der Waals surface area contributed by atoms with E-state index < -0.39 is 29.1 Å². The van der Waals surface area contributed by atoms with Crippen molar-refractivity contribution in [3.63, 3.8) is 0 Å².